The molecule has 3 aromatic carbocycles. The van der Waals surface area contributed by atoms with Crippen molar-refractivity contribution in [3.8, 4) is 11.5 Å². The van der Waals surface area contributed by atoms with E-state index in [4.69, 9.17) is 9.47 Å². The number of nitro groups is 1. The molecule has 0 heterocycles. The number of azo groups is 2. The molecule has 0 N–H and O–H groups in total. The molecule has 0 saturated carbocycles. The van der Waals surface area contributed by atoms with Crippen molar-refractivity contribution in [2.45, 2.75) is 33.6 Å². The molecule has 0 saturated heterocycles. The summed E-state index contributed by atoms with van der Waals surface area (Å²) in [5.74, 6) is 1.09. The van der Waals surface area contributed by atoms with Crippen LogP contribution in [0.15, 0.2) is 81.1 Å². The second-order valence-electron chi connectivity index (χ2n) is 10.1. The van der Waals surface area contributed by atoms with Crippen molar-refractivity contribution in [3.63, 3.8) is 0 Å². The summed E-state index contributed by atoms with van der Waals surface area (Å²) >= 11 is 0. The summed E-state index contributed by atoms with van der Waals surface area (Å²) in [7, 11) is 5.01. The predicted molar refractivity (Wildman–Crippen MR) is 154 cm³/mol. The number of ether oxygens (including phenoxy) is 2. The van der Waals surface area contributed by atoms with Gasteiger partial charge in [-0.2, -0.15) is 10.2 Å². The average molecular weight is 547 g/mol. The zero-order valence-electron chi connectivity index (χ0n) is 23.6. The number of carbonyl (C=O) groups excluding carboxylic acids is 1. The molecule has 3 aromatic rings. The first-order chi connectivity index (χ1) is 19.0. The molecule has 0 aliphatic heterocycles. The Balaban J connectivity index is 1.70. The maximum absolute atomic E-state index is 12.2. The van der Waals surface area contributed by atoms with E-state index in [0.29, 0.717) is 40.7 Å². The molecule has 11 nitrogen and oxygen atoms in total. The summed E-state index contributed by atoms with van der Waals surface area (Å²) in [5.41, 5.74) is 2.62. The van der Waals surface area contributed by atoms with E-state index in [2.05, 4.69) is 25.4 Å². The lowest BCUT2D eigenvalue weighted by molar-refractivity contribution is -0.384. The van der Waals surface area contributed by atoms with Gasteiger partial charge in [0, 0.05) is 55.4 Å². The first-order valence-electron chi connectivity index (χ1n) is 12.7. The first kappa shape index (κ1) is 29.9. The van der Waals surface area contributed by atoms with E-state index in [1.165, 1.54) is 38.5 Å². The minimum atomic E-state index is -0.477. The molecule has 40 heavy (non-hydrogen) atoms. The van der Waals surface area contributed by atoms with Gasteiger partial charge < -0.3 is 14.4 Å². The van der Waals surface area contributed by atoms with Gasteiger partial charge in [-0.3, -0.25) is 14.9 Å². The Bertz CT molecular complexity index is 1380. The summed E-state index contributed by atoms with van der Waals surface area (Å²) in [5, 5.41) is 27.9. The molecule has 0 spiro atoms. The van der Waals surface area contributed by atoms with Crippen molar-refractivity contribution in [2.24, 2.45) is 25.9 Å². The fraction of sp³-hybridized carbons (Fsp3) is 0.345. The Morgan fingerprint density at radius 3 is 1.75 bits per heavy atom. The quantitative estimate of drug-likeness (QED) is 0.128. The van der Waals surface area contributed by atoms with E-state index in [1.807, 2.05) is 52.1 Å². The van der Waals surface area contributed by atoms with E-state index in [9.17, 15) is 14.9 Å². The van der Waals surface area contributed by atoms with Gasteiger partial charge in [0.1, 0.15) is 28.7 Å². The van der Waals surface area contributed by atoms with Crippen molar-refractivity contribution < 1.29 is 19.2 Å². The van der Waals surface area contributed by atoms with Crippen LogP contribution in [-0.4, -0.2) is 38.5 Å². The van der Waals surface area contributed by atoms with Gasteiger partial charge in [0.05, 0.1) is 30.5 Å². The number of rotatable bonds is 12. The lowest BCUT2D eigenvalue weighted by atomic mass is 9.88. The Labute approximate surface area is 233 Å². The van der Waals surface area contributed by atoms with Gasteiger partial charge in [0.15, 0.2) is 0 Å². The van der Waals surface area contributed by atoms with Crippen LogP contribution in [0, 0.1) is 15.5 Å². The van der Waals surface area contributed by atoms with E-state index < -0.39 is 4.92 Å². The van der Waals surface area contributed by atoms with E-state index in [-0.39, 0.29) is 16.9 Å². The Morgan fingerprint density at radius 1 is 0.850 bits per heavy atom. The number of benzene rings is 3. The van der Waals surface area contributed by atoms with E-state index in [1.54, 1.807) is 12.1 Å². The van der Waals surface area contributed by atoms with Crippen molar-refractivity contribution in [2.75, 3.05) is 32.7 Å². The van der Waals surface area contributed by atoms with Crippen LogP contribution < -0.4 is 14.4 Å². The SMILES string of the molecule is COc1cc(N=Nc2ccc([N+](=O)[O-])cc2)c(OC)cc1N=Nc1ccc(N(C)CCCC(=O)C(C)(C)C)cc1. The molecule has 0 aromatic heterocycles. The molecule has 0 bridgehead atoms. The fourth-order valence-electron chi connectivity index (χ4n) is 3.64. The number of nitro benzene ring substituents is 1. The molecule has 0 atom stereocenters. The third kappa shape index (κ3) is 8.16. The van der Waals surface area contributed by atoms with Crippen molar-refractivity contribution in [1.82, 2.24) is 0 Å². The van der Waals surface area contributed by atoms with Crippen LogP contribution in [-0.2, 0) is 4.79 Å². The lowest BCUT2D eigenvalue weighted by Crippen LogP contribution is -2.23. The topological polar surface area (TPSA) is 131 Å². The molecule has 11 heteroatoms. The highest BCUT2D eigenvalue weighted by Crippen LogP contribution is 2.41. The van der Waals surface area contributed by atoms with Gasteiger partial charge in [0.25, 0.3) is 5.69 Å². The zero-order chi connectivity index (χ0) is 29.3. The number of hydrogen-bond donors (Lipinski definition) is 0. The van der Waals surface area contributed by atoms with Gasteiger partial charge in [-0.25, -0.2) is 0 Å². The third-order valence-electron chi connectivity index (χ3n) is 6.11. The number of carbonyl (C=O) groups is 1. The van der Waals surface area contributed by atoms with Gasteiger partial charge in [-0.15, -0.1) is 10.2 Å². The number of nitrogens with zero attached hydrogens (tertiary/aromatic N) is 6. The molecule has 3 rings (SSSR count). The maximum atomic E-state index is 12.2. The summed E-state index contributed by atoms with van der Waals surface area (Å²) in [6.45, 7) is 6.61. The molecule has 0 radical (unpaired) electrons. The normalized spacial score (nSPS) is 11.7. The van der Waals surface area contributed by atoms with Crippen LogP contribution >= 0.6 is 0 Å². The van der Waals surface area contributed by atoms with Crippen LogP contribution in [0.25, 0.3) is 0 Å². The highest BCUT2D eigenvalue weighted by Gasteiger charge is 2.20. The van der Waals surface area contributed by atoms with Crippen molar-refractivity contribution in [1.29, 1.82) is 0 Å². The van der Waals surface area contributed by atoms with Gasteiger partial charge in [-0.1, -0.05) is 20.8 Å². The monoisotopic (exact) mass is 546 g/mol. The Hall–Kier alpha value is -4.67. The average Bonchev–Trinajstić information content (AvgIpc) is 2.94. The highest BCUT2D eigenvalue weighted by molar-refractivity contribution is 5.83. The molecular weight excluding hydrogens is 512 g/mol. The second kappa shape index (κ2) is 13.4. The number of methoxy groups -OCH3 is 2. The molecule has 0 fully saturated rings. The predicted octanol–water partition coefficient (Wildman–Crippen LogP) is 8.27. The summed E-state index contributed by atoms with van der Waals surface area (Å²) in [6.07, 6.45) is 1.35. The molecule has 0 aliphatic carbocycles. The van der Waals surface area contributed by atoms with Crippen LogP contribution in [0.5, 0.6) is 11.5 Å². The van der Waals surface area contributed by atoms with Gasteiger partial charge in [0.2, 0.25) is 0 Å². The van der Waals surface area contributed by atoms with E-state index >= 15 is 0 Å². The molecular formula is C29H34N6O5. The Kier molecular flexibility index (Phi) is 10.0. The lowest BCUT2D eigenvalue weighted by Gasteiger charge is -2.21. The number of Topliss-reactive ketones (excluding diaryl/α,β-unsaturated/α-hetero) is 1. The first-order valence-corrected chi connectivity index (χ1v) is 12.7. The fourth-order valence-corrected chi connectivity index (χ4v) is 3.64. The second-order valence-corrected chi connectivity index (χ2v) is 10.1. The van der Waals surface area contributed by atoms with Gasteiger partial charge in [-0.05, 0) is 42.8 Å². The third-order valence-corrected chi connectivity index (χ3v) is 6.11. The van der Waals surface area contributed by atoms with E-state index in [0.717, 1.165) is 18.7 Å². The molecule has 0 unspecified atom stereocenters. The molecule has 210 valence electrons. The number of ketones is 1. The van der Waals surface area contributed by atoms with Crippen LogP contribution in [0.1, 0.15) is 33.6 Å². The summed E-state index contributed by atoms with van der Waals surface area (Å²) < 4.78 is 10.9. The largest absolute Gasteiger partial charge is 0.494 e. The minimum Gasteiger partial charge on any atom is -0.494 e. The maximum Gasteiger partial charge on any atom is 0.269 e. The number of hydrogen-bond acceptors (Lipinski definition) is 10. The standard InChI is InChI=1S/C29H34N6O5/c1-29(2,3)28(36)8-7-17-34(4)22-13-9-20(10-14-22)30-32-24-18-27(40-6)25(19-26(24)39-5)33-31-21-11-15-23(16-12-21)35(37)38/h9-16,18-19H,7-8,17H2,1-6H3. The molecule has 0 aliphatic rings. The molecule has 0 amide bonds. The van der Waals surface area contributed by atoms with Crippen LogP contribution in [0.2, 0.25) is 0 Å². The smallest absolute Gasteiger partial charge is 0.269 e. The van der Waals surface area contributed by atoms with Gasteiger partial charge >= 0.3 is 0 Å². The Morgan fingerprint density at radius 2 is 1.32 bits per heavy atom. The zero-order valence-corrected chi connectivity index (χ0v) is 23.6. The summed E-state index contributed by atoms with van der Waals surface area (Å²) in [4.78, 5) is 24.6. The summed E-state index contributed by atoms with van der Waals surface area (Å²) in [6, 6.07) is 16.7. The van der Waals surface area contributed by atoms with Crippen molar-refractivity contribution >= 4 is 39.9 Å². The van der Waals surface area contributed by atoms with Crippen LogP contribution in [0.4, 0.5) is 34.1 Å². The van der Waals surface area contributed by atoms with Crippen LogP contribution in [0.3, 0.4) is 0 Å². The minimum absolute atomic E-state index is 0.0288. The number of anilines is 1. The highest BCUT2D eigenvalue weighted by atomic mass is 16.6. The van der Waals surface area contributed by atoms with Crippen molar-refractivity contribution in [3.05, 3.63) is 70.8 Å². The number of non-ortho nitro benzene ring substituents is 1.